The summed E-state index contributed by atoms with van der Waals surface area (Å²) in [7, 11) is 1.56. The van der Waals surface area contributed by atoms with Gasteiger partial charge in [0.1, 0.15) is 16.1 Å². The van der Waals surface area contributed by atoms with Crippen molar-refractivity contribution in [2.75, 3.05) is 7.11 Å². The van der Waals surface area contributed by atoms with Crippen LogP contribution >= 0.6 is 24.0 Å². The zero-order valence-corrected chi connectivity index (χ0v) is 13.0. The first-order chi connectivity index (χ1) is 9.93. The lowest BCUT2D eigenvalue weighted by Gasteiger charge is -2.18. The highest BCUT2D eigenvalue weighted by Gasteiger charge is 2.38. The van der Waals surface area contributed by atoms with Gasteiger partial charge in [-0.05, 0) is 30.7 Å². The Morgan fingerprint density at radius 1 is 1.52 bits per heavy atom. The van der Waals surface area contributed by atoms with Crippen LogP contribution in [-0.2, 0) is 9.59 Å². The third kappa shape index (κ3) is 3.25. The fourth-order valence-electron chi connectivity index (χ4n) is 1.81. The van der Waals surface area contributed by atoms with E-state index in [9.17, 15) is 9.59 Å². The van der Waals surface area contributed by atoms with Gasteiger partial charge in [0.05, 0.1) is 12.0 Å². The molecule has 7 heteroatoms. The molecular weight excluding hydrogens is 310 g/mol. The number of benzene rings is 1. The summed E-state index contributed by atoms with van der Waals surface area (Å²) in [5, 5.41) is 9.02. The second kappa shape index (κ2) is 6.28. The van der Waals surface area contributed by atoms with Crippen molar-refractivity contribution in [3.05, 3.63) is 34.7 Å². The Hall–Kier alpha value is -1.86. The summed E-state index contributed by atoms with van der Waals surface area (Å²) in [6.07, 6.45) is 1.68. The topological polar surface area (TPSA) is 66.8 Å². The number of carboxylic acids is 1. The SMILES string of the molecule is COc1cccc(/C=C2/SC(=S)N(C(C)C(=O)O)C2=O)c1. The normalized spacial score (nSPS) is 18.2. The number of carboxylic acid groups (broad SMARTS) is 1. The van der Waals surface area contributed by atoms with Crippen molar-refractivity contribution in [2.24, 2.45) is 0 Å². The van der Waals surface area contributed by atoms with Crippen LogP contribution < -0.4 is 4.74 Å². The van der Waals surface area contributed by atoms with Crippen LogP contribution in [0.25, 0.3) is 6.08 Å². The molecule has 5 nitrogen and oxygen atoms in total. The second-order valence-electron chi connectivity index (χ2n) is 4.34. The zero-order valence-electron chi connectivity index (χ0n) is 11.4. The average molecular weight is 323 g/mol. The molecule has 2 rings (SSSR count). The molecule has 1 amide bonds. The van der Waals surface area contributed by atoms with Gasteiger partial charge in [-0.25, -0.2) is 4.79 Å². The second-order valence-corrected chi connectivity index (χ2v) is 6.02. The van der Waals surface area contributed by atoms with Gasteiger partial charge in [-0.15, -0.1) is 0 Å². The van der Waals surface area contributed by atoms with Crippen LogP contribution in [0.4, 0.5) is 0 Å². The van der Waals surface area contributed by atoms with Crippen LogP contribution in [0.3, 0.4) is 0 Å². The van der Waals surface area contributed by atoms with E-state index in [-0.39, 0.29) is 10.2 Å². The summed E-state index contributed by atoms with van der Waals surface area (Å²) in [6.45, 7) is 1.43. The molecule has 1 heterocycles. The zero-order chi connectivity index (χ0) is 15.6. The number of hydrogen-bond donors (Lipinski definition) is 1. The van der Waals surface area contributed by atoms with E-state index in [2.05, 4.69) is 0 Å². The minimum Gasteiger partial charge on any atom is -0.497 e. The number of thioether (sulfide) groups is 1. The minimum absolute atomic E-state index is 0.254. The number of thiocarbonyl (C=S) groups is 1. The number of ether oxygens (including phenoxy) is 1. The van der Waals surface area contributed by atoms with Gasteiger partial charge in [-0.1, -0.05) is 36.1 Å². The van der Waals surface area contributed by atoms with E-state index in [0.717, 1.165) is 22.2 Å². The number of aliphatic carboxylic acids is 1. The number of nitrogens with zero attached hydrogens (tertiary/aromatic N) is 1. The molecule has 0 saturated carbocycles. The molecule has 0 spiro atoms. The number of rotatable bonds is 4. The van der Waals surface area contributed by atoms with E-state index in [4.69, 9.17) is 22.1 Å². The largest absolute Gasteiger partial charge is 0.497 e. The Balaban J connectivity index is 2.29. The molecule has 1 aliphatic heterocycles. The first-order valence-electron chi connectivity index (χ1n) is 6.08. The highest BCUT2D eigenvalue weighted by Crippen LogP contribution is 2.34. The van der Waals surface area contributed by atoms with Crippen molar-refractivity contribution in [2.45, 2.75) is 13.0 Å². The maximum Gasteiger partial charge on any atom is 0.326 e. The van der Waals surface area contributed by atoms with E-state index in [1.165, 1.54) is 6.92 Å². The first kappa shape index (κ1) is 15.5. The number of carbonyl (C=O) groups excluding carboxylic acids is 1. The molecule has 0 radical (unpaired) electrons. The van der Waals surface area contributed by atoms with E-state index < -0.39 is 12.0 Å². The lowest BCUT2D eigenvalue weighted by Crippen LogP contribution is -2.41. The lowest BCUT2D eigenvalue weighted by atomic mass is 10.2. The molecule has 1 saturated heterocycles. The summed E-state index contributed by atoms with van der Waals surface area (Å²) in [4.78, 5) is 24.8. The van der Waals surface area contributed by atoms with Crippen molar-refractivity contribution in [3.8, 4) is 5.75 Å². The van der Waals surface area contributed by atoms with E-state index >= 15 is 0 Å². The van der Waals surface area contributed by atoms with Gasteiger partial charge in [0.15, 0.2) is 0 Å². The summed E-state index contributed by atoms with van der Waals surface area (Å²) < 4.78 is 5.38. The van der Waals surface area contributed by atoms with Crippen LogP contribution in [-0.4, -0.2) is 39.4 Å². The highest BCUT2D eigenvalue weighted by molar-refractivity contribution is 8.26. The summed E-state index contributed by atoms with van der Waals surface area (Å²) >= 11 is 6.19. The van der Waals surface area contributed by atoms with Crippen molar-refractivity contribution in [1.82, 2.24) is 4.90 Å². The highest BCUT2D eigenvalue weighted by atomic mass is 32.2. The lowest BCUT2D eigenvalue weighted by molar-refractivity contribution is -0.144. The number of methoxy groups -OCH3 is 1. The van der Waals surface area contributed by atoms with Crippen molar-refractivity contribution in [1.29, 1.82) is 0 Å². The summed E-state index contributed by atoms with van der Waals surface area (Å²) in [5.41, 5.74) is 0.790. The summed E-state index contributed by atoms with van der Waals surface area (Å²) in [6, 6.07) is 6.25. The van der Waals surface area contributed by atoms with E-state index in [0.29, 0.717) is 10.7 Å². The number of hydrogen-bond acceptors (Lipinski definition) is 5. The third-order valence-electron chi connectivity index (χ3n) is 2.96. The standard InChI is InChI=1S/C14H13NO4S2/c1-8(13(17)18)15-12(16)11(21-14(15)20)7-9-4-3-5-10(6-9)19-2/h3-8H,1-2H3,(H,17,18)/b11-7+. The molecule has 0 aliphatic carbocycles. The maximum atomic E-state index is 12.3. The van der Waals surface area contributed by atoms with Crippen LogP contribution in [0.15, 0.2) is 29.2 Å². The molecular formula is C14H13NO4S2. The van der Waals surface area contributed by atoms with Crippen LogP contribution in [0.2, 0.25) is 0 Å². The maximum absolute atomic E-state index is 12.3. The van der Waals surface area contributed by atoms with Gasteiger partial charge < -0.3 is 9.84 Å². The van der Waals surface area contributed by atoms with Crippen LogP contribution in [0.1, 0.15) is 12.5 Å². The molecule has 1 aromatic rings. The smallest absolute Gasteiger partial charge is 0.326 e. The predicted octanol–water partition coefficient (Wildman–Crippen LogP) is 2.37. The Morgan fingerprint density at radius 3 is 2.86 bits per heavy atom. The fourth-order valence-corrected chi connectivity index (χ4v) is 3.23. The molecule has 0 bridgehead atoms. The van der Waals surface area contributed by atoms with E-state index in [1.54, 1.807) is 25.3 Å². The molecule has 110 valence electrons. The minimum atomic E-state index is -1.09. The van der Waals surface area contributed by atoms with Gasteiger partial charge >= 0.3 is 5.97 Å². The van der Waals surface area contributed by atoms with Crippen molar-refractivity contribution < 1.29 is 19.4 Å². The van der Waals surface area contributed by atoms with Gasteiger partial charge in [-0.2, -0.15) is 0 Å². The van der Waals surface area contributed by atoms with Crippen molar-refractivity contribution >= 4 is 46.3 Å². The number of carbonyl (C=O) groups is 2. The molecule has 1 aromatic carbocycles. The fraction of sp³-hybridized carbons (Fsp3) is 0.214. The van der Waals surface area contributed by atoms with Gasteiger partial charge in [0.2, 0.25) is 0 Å². The molecule has 1 unspecified atom stereocenters. The Bertz CT molecular complexity index is 642. The molecule has 1 atom stereocenters. The quantitative estimate of drug-likeness (QED) is 0.678. The van der Waals surface area contributed by atoms with E-state index in [1.807, 2.05) is 12.1 Å². The Kier molecular flexibility index (Phi) is 4.64. The summed E-state index contributed by atoms with van der Waals surface area (Å²) in [5.74, 6) is -0.796. The van der Waals surface area contributed by atoms with Gasteiger partial charge in [0, 0.05) is 0 Å². The Labute approximate surface area is 131 Å². The van der Waals surface area contributed by atoms with Crippen molar-refractivity contribution in [3.63, 3.8) is 0 Å². The first-order valence-corrected chi connectivity index (χ1v) is 7.30. The molecule has 1 fully saturated rings. The van der Waals surface area contributed by atoms with Crippen LogP contribution in [0.5, 0.6) is 5.75 Å². The number of amides is 1. The molecule has 1 N–H and O–H groups in total. The Morgan fingerprint density at radius 2 is 2.24 bits per heavy atom. The monoisotopic (exact) mass is 323 g/mol. The predicted molar refractivity (Wildman–Crippen MR) is 85.1 cm³/mol. The van der Waals surface area contributed by atoms with Gasteiger partial charge in [-0.3, -0.25) is 9.69 Å². The molecule has 21 heavy (non-hydrogen) atoms. The molecule has 0 aromatic heterocycles. The van der Waals surface area contributed by atoms with Crippen LogP contribution in [0, 0.1) is 0 Å². The third-order valence-corrected chi connectivity index (χ3v) is 4.29. The average Bonchev–Trinajstić information content (AvgIpc) is 2.73. The molecule has 1 aliphatic rings. The van der Waals surface area contributed by atoms with Gasteiger partial charge in [0.25, 0.3) is 5.91 Å².